The minimum atomic E-state index is -0.280. The fourth-order valence-electron chi connectivity index (χ4n) is 1.61. The number of hydrogen-bond donors (Lipinski definition) is 1. The molecule has 2 nitrogen and oxygen atoms in total. The summed E-state index contributed by atoms with van der Waals surface area (Å²) in [5, 5.41) is 3.11. The number of hydrogen-bond acceptors (Lipinski definition) is 3. The van der Waals surface area contributed by atoms with Gasteiger partial charge in [0.1, 0.15) is 5.82 Å². The van der Waals surface area contributed by atoms with Gasteiger partial charge in [0.25, 0.3) is 0 Å². The molecule has 1 aromatic carbocycles. The number of rotatable bonds is 5. The van der Waals surface area contributed by atoms with Crippen molar-refractivity contribution in [3.05, 3.63) is 59.7 Å². The fraction of sp³-hybridized carbons (Fsp3) is 0.214. The number of halogens is 1. The van der Waals surface area contributed by atoms with Gasteiger partial charge >= 0.3 is 0 Å². The first kappa shape index (κ1) is 13.1. The number of nitrogens with one attached hydrogen (secondary N) is 1. The lowest BCUT2D eigenvalue weighted by molar-refractivity contribution is 0.619. The van der Waals surface area contributed by atoms with Crippen molar-refractivity contribution in [2.75, 3.05) is 7.05 Å². The van der Waals surface area contributed by atoms with E-state index in [1.807, 2.05) is 7.05 Å². The van der Waals surface area contributed by atoms with Gasteiger partial charge in [-0.25, -0.2) is 4.39 Å². The van der Waals surface area contributed by atoms with E-state index in [9.17, 15) is 4.39 Å². The molecular formula is C14H15FN2S. The predicted octanol–water partition coefficient (Wildman–Crippen LogP) is 3.23. The molecule has 0 atom stereocenters. The standard InChI is InChI=1S/C14H15FN2S/c1-16-7-11-2-4-14(5-3-11)18-10-12-6-13(15)9-17-8-12/h2-6,8-9,16H,7,10H2,1H3. The van der Waals surface area contributed by atoms with Gasteiger partial charge in [-0.1, -0.05) is 12.1 Å². The van der Waals surface area contributed by atoms with Gasteiger partial charge in [0.05, 0.1) is 6.20 Å². The molecule has 0 spiro atoms. The molecule has 0 bridgehead atoms. The number of benzene rings is 1. The highest BCUT2D eigenvalue weighted by Gasteiger charge is 1.99. The van der Waals surface area contributed by atoms with Gasteiger partial charge in [-0.2, -0.15) is 0 Å². The second-order valence-electron chi connectivity index (χ2n) is 3.97. The van der Waals surface area contributed by atoms with E-state index in [2.05, 4.69) is 34.6 Å². The van der Waals surface area contributed by atoms with Crippen molar-refractivity contribution in [1.82, 2.24) is 10.3 Å². The van der Waals surface area contributed by atoms with Crippen LogP contribution in [-0.2, 0) is 12.3 Å². The third-order valence-electron chi connectivity index (χ3n) is 2.47. The van der Waals surface area contributed by atoms with E-state index in [1.54, 1.807) is 18.0 Å². The van der Waals surface area contributed by atoms with E-state index in [1.165, 1.54) is 22.7 Å². The van der Waals surface area contributed by atoms with Crippen LogP contribution in [-0.4, -0.2) is 12.0 Å². The van der Waals surface area contributed by atoms with Crippen molar-refractivity contribution in [2.24, 2.45) is 0 Å². The highest BCUT2D eigenvalue weighted by molar-refractivity contribution is 7.98. The van der Waals surface area contributed by atoms with Gasteiger partial charge in [0.15, 0.2) is 0 Å². The Kier molecular flexibility index (Phi) is 4.73. The van der Waals surface area contributed by atoms with Gasteiger partial charge in [-0.3, -0.25) is 4.98 Å². The normalized spacial score (nSPS) is 10.6. The minimum absolute atomic E-state index is 0.280. The Bertz CT molecular complexity index is 499. The van der Waals surface area contributed by atoms with Crippen LogP contribution in [0, 0.1) is 5.82 Å². The summed E-state index contributed by atoms with van der Waals surface area (Å²) in [5.74, 6) is 0.452. The monoisotopic (exact) mass is 262 g/mol. The van der Waals surface area contributed by atoms with Crippen LogP contribution >= 0.6 is 11.8 Å². The van der Waals surface area contributed by atoms with E-state index >= 15 is 0 Å². The lowest BCUT2D eigenvalue weighted by Gasteiger charge is -2.04. The third kappa shape index (κ3) is 3.82. The summed E-state index contributed by atoms with van der Waals surface area (Å²) in [6.45, 7) is 0.874. The molecule has 0 radical (unpaired) electrons. The zero-order chi connectivity index (χ0) is 12.8. The van der Waals surface area contributed by atoms with Crippen molar-refractivity contribution in [3.8, 4) is 0 Å². The molecule has 94 valence electrons. The van der Waals surface area contributed by atoms with Crippen LogP contribution < -0.4 is 5.32 Å². The summed E-state index contributed by atoms with van der Waals surface area (Å²) >= 11 is 1.68. The number of aromatic nitrogens is 1. The van der Waals surface area contributed by atoms with Crippen LogP contribution in [0.1, 0.15) is 11.1 Å². The van der Waals surface area contributed by atoms with E-state index in [4.69, 9.17) is 0 Å². The molecule has 0 fully saturated rings. The van der Waals surface area contributed by atoms with Crippen LogP contribution in [0.15, 0.2) is 47.6 Å². The lowest BCUT2D eigenvalue weighted by atomic mass is 10.2. The van der Waals surface area contributed by atoms with Gasteiger partial charge in [-0.15, -0.1) is 11.8 Å². The SMILES string of the molecule is CNCc1ccc(SCc2cncc(F)c2)cc1. The Labute approximate surface area is 111 Å². The Morgan fingerprint density at radius 3 is 2.61 bits per heavy atom. The summed E-state index contributed by atoms with van der Waals surface area (Å²) < 4.78 is 13.0. The molecule has 0 aliphatic rings. The largest absolute Gasteiger partial charge is 0.316 e. The summed E-state index contributed by atoms with van der Waals surface area (Å²) in [7, 11) is 1.93. The fourth-order valence-corrected chi connectivity index (χ4v) is 2.43. The zero-order valence-corrected chi connectivity index (χ0v) is 11.0. The molecule has 4 heteroatoms. The summed E-state index contributed by atoms with van der Waals surface area (Å²) in [5.41, 5.74) is 2.16. The molecule has 0 amide bonds. The smallest absolute Gasteiger partial charge is 0.141 e. The molecule has 0 saturated carbocycles. The third-order valence-corrected chi connectivity index (χ3v) is 3.55. The van der Waals surface area contributed by atoms with Crippen LogP contribution in [0.3, 0.4) is 0 Å². The molecular weight excluding hydrogens is 247 g/mol. The van der Waals surface area contributed by atoms with Crippen molar-refractivity contribution >= 4 is 11.8 Å². The van der Waals surface area contributed by atoms with Crippen molar-refractivity contribution in [1.29, 1.82) is 0 Å². The Balaban J connectivity index is 1.93. The topological polar surface area (TPSA) is 24.9 Å². The Hall–Kier alpha value is -1.39. The maximum absolute atomic E-state index is 13.0. The van der Waals surface area contributed by atoms with Crippen LogP contribution in [0.2, 0.25) is 0 Å². The minimum Gasteiger partial charge on any atom is -0.316 e. The van der Waals surface area contributed by atoms with E-state index in [0.717, 1.165) is 17.9 Å². The number of nitrogens with zero attached hydrogens (tertiary/aromatic N) is 1. The molecule has 1 heterocycles. The Morgan fingerprint density at radius 1 is 1.17 bits per heavy atom. The van der Waals surface area contributed by atoms with Crippen molar-refractivity contribution < 1.29 is 4.39 Å². The van der Waals surface area contributed by atoms with Crippen LogP contribution in [0.25, 0.3) is 0 Å². The van der Waals surface area contributed by atoms with Crippen molar-refractivity contribution in [2.45, 2.75) is 17.2 Å². The van der Waals surface area contributed by atoms with Gasteiger partial charge in [0.2, 0.25) is 0 Å². The van der Waals surface area contributed by atoms with Gasteiger partial charge < -0.3 is 5.32 Å². The molecule has 1 aromatic heterocycles. The molecule has 0 unspecified atom stereocenters. The second-order valence-corrected chi connectivity index (χ2v) is 5.02. The van der Waals surface area contributed by atoms with Gasteiger partial charge in [0, 0.05) is 23.4 Å². The van der Waals surface area contributed by atoms with E-state index < -0.39 is 0 Å². The number of thioether (sulfide) groups is 1. The van der Waals surface area contributed by atoms with Crippen LogP contribution in [0.4, 0.5) is 4.39 Å². The molecule has 18 heavy (non-hydrogen) atoms. The molecule has 2 rings (SSSR count). The zero-order valence-electron chi connectivity index (χ0n) is 10.2. The first-order valence-electron chi connectivity index (χ1n) is 5.73. The van der Waals surface area contributed by atoms with Crippen molar-refractivity contribution in [3.63, 3.8) is 0 Å². The Morgan fingerprint density at radius 2 is 1.94 bits per heavy atom. The highest BCUT2D eigenvalue weighted by Crippen LogP contribution is 2.22. The first-order chi connectivity index (χ1) is 8.78. The maximum atomic E-state index is 13.0. The summed E-state index contributed by atoms with van der Waals surface area (Å²) in [6, 6.07) is 9.90. The quantitative estimate of drug-likeness (QED) is 0.837. The molecule has 0 saturated heterocycles. The number of pyridine rings is 1. The molecule has 0 aliphatic heterocycles. The first-order valence-corrected chi connectivity index (χ1v) is 6.72. The van der Waals surface area contributed by atoms with E-state index in [-0.39, 0.29) is 5.82 Å². The van der Waals surface area contributed by atoms with Crippen LogP contribution in [0.5, 0.6) is 0 Å². The maximum Gasteiger partial charge on any atom is 0.141 e. The summed E-state index contributed by atoms with van der Waals surface area (Å²) in [4.78, 5) is 5.02. The van der Waals surface area contributed by atoms with Gasteiger partial charge in [-0.05, 0) is 36.4 Å². The average Bonchev–Trinajstić information content (AvgIpc) is 2.38. The van der Waals surface area contributed by atoms with E-state index in [0.29, 0.717) is 0 Å². The predicted molar refractivity (Wildman–Crippen MR) is 73.0 cm³/mol. The molecule has 0 aliphatic carbocycles. The second kappa shape index (κ2) is 6.52. The lowest BCUT2D eigenvalue weighted by Crippen LogP contribution is -2.04. The molecule has 1 N–H and O–H groups in total. The molecule has 2 aromatic rings. The highest BCUT2D eigenvalue weighted by atomic mass is 32.2. The average molecular weight is 262 g/mol. The summed E-state index contributed by atoms with van der Waals surface area (Å²) in [6.07, 6.45) is 2.92.